The van der Waals surface area contributed by atoms with Crippen molar-refractivity contribution in [3.63, 3.8) is 0 Å². The zero-order valence-electron chi connectivity index (χ0n) is 9.47. The molecule has 1 atom stereocenters. The minimum atomic E-state index is -0.196. The van der Waals surface area contributed by atoms with E-state index in [9.17, 15) is 4.39 Å². The highest BCUT2D eigenvalue weighted by Gasteiger charge is 2.07. The molecule has 0 aliphatic rings. The van der Waals surface area contributed by atoms with E-state index in [4.69, 9.17) is 0 Å². The summed E-state index contributed by atoms with van der Waals surface area (Å²) < 4.78 is 14.0. The zero-order chi connectivity index (χ0) is 12.0. The Balaban J connectivity index is 2.71. The first-order valence-corrected chi connectivity index (χ1v) is 6.24. The highest BCUT2D eigenvalue weighted by molar-refractivity contribution is 9.10. The van der Waals surface area contributed by atoms with Gasteiger partial charge in [0.25, 0.3) is 0 Å². The fourth-order valence-electron chi connectivity index (χ4n) is 1.74. The van der Waals surface area contributed by atoms with E-state index in [-0.39, 0.29) is 5.82 Å². The van der Waals surface area contributed by atoms with E-state index in [0.717, 1.165) is 29.4 Å². The van der Waals surface area contributed by atoms with Crippen molar-refractivity contribution in [2.45, 2.75) is 25.8 Å². The summed E-state index contributed by atoms with van der Waals surface area (Å²) in [6, 6.07) is 5.34. The van der Waals surface area contributed by atoms with Crippen molar-refractivity contribution in [2.75, 3.05) is 6.54 Å². The minimum Gasteiger partial charge on any atom is -0.314 e. The van der Waals surface area contributed by atoms with Crippen LogP contribution in [0.1, 0.15) is 18.9 Å². The van der Waals surface area contributed by atoms with E-state index in [1.807, 2.05) is 12.1 Å². The largest absolute Gasteiger partial charge is 0.314 e. The molecule has 16 heavy (non-hydrogen) atoms. The number of rotatable bonds is 6. The smallest absolute Gasteiger partial charge is 0.124 e. The van der Waals surface area contributed by atoms with Gasteiger partial charge in [0.2, 0.25) is 0 Å². The maximum atomic E-state index is 13.2. The van der Waals surface area contributed by atoms with Crippen LogP contribution in [-0.4, -0.2) is 12.6 Å². The lowest BCUT2D eigenvalue weighted by molar-refractivity contribution is 0.527. The monoisotopic (exact) mass is 285 g/mol. The van der Waals surface area contributed by atoms with Gasteiger partial charge in [-0.1, -0.05) is 28.9 Å². The molecule has 1 aromatic rings. The van der Waals surface area contributed by atoms with Crippen molar-refractivity contribution < 1.29 is 4.39 Å². The maximum absolute atomic E-state index is 13.2. The van der Waals surface area contributed by atoms with Crippen LogP contribution in [0.5, 0.6) is 0 Å². The van der Waals surface area contributed by atoms with Crippen LogP contribution in [0.2, 0.25) is 0 Å². The molecular formula is C13H17BrFN. The summed E-state index contributed by atoms with van der Waals surface area (Å²) in [6.45, 7) is 6.71. The van der Waals surface area contributed by atoms with Crippen LogP contribution in [0.25, 0.3) is 0 Å². The Hall–Kier alpha value is -0.670. The third-order valence-electron chi connectivity index (χ3n) is 2.35. The van der Waals surface area contributed by atoms with Crippen LogP contribution < -0.4 is 5.32 Å². The van der Waals surface area contributed by atoms with Crippen molar-refractivity contribution in [2.24, 2.45) is 0 Å². The fraction of sp³-hybridized carbons (Fsp3) is 0.385. The second-order valence-corrected chi connectivity index (χ2v) is 4.68. The summed E-state index contributed by atoms with van der Waals surface area (Å²) in [7, 11) is 0. The lowest BCUT2D eigenvalue weighted by atomic mass is 10.0. The van der Waals surface area contributed by atoms with Crippen LogP contribution in [0.3, 0.4) is 0 Å². The molecule has 0 aromatic heterocycles. The predicted molar refractivity (Wildman–Crippen MR) is 70.1 cm³/mol. The Kier molecular flexibility index (Phi) is 5.71. The van der Waals surface area contributed by atoms with Gasteiger partial charge in [0, 0.05) is 10.5 Å². The molecule has 0 aliphatic carbocycles. The number of benzene rings is 1. The first-order valence-electron chi connectivity index (χ1n) is 5.45. The molecule has 0 radical (unpaired) electrons. The fourth-order valence-corrected chi connectivity index (χ4v) is 2.25. The molecule has 1 nitrogen and oxygen atoms in total. The molecule has 3 heteroatoms. The van der Waals surface area contributed by atoms with Gasteiger partial charge in [-0.25, -0.2) is 4.39 Å². The van der Waals surface area contributed by atoms with E-state index in [1.54, 1.807) is 6.07 Å². The van der Waals surface area contributed by atoms with E-state index < -0.39 is 0 Å². The quantitative estimate of drug-likeness (QED) is 0.786. The van der Waals surface area contributed by atoms with Gasteiger partial charge in [-0.15, -0.1) is 6.58 Å². The van der Waals surface area contributed by atoms with Gasteiger partial charge in [-0.3, -0.25) is 0 Å². The molecule has 1 aromatic carbocycles. The molecule has 0 heterocycles. The van der Waals surface area contributed by atoms with Gasteiger partial charge in [0.05, 0.1) is 0 Å². The van der Waals surface area contributed by atoms with Crippen LogP contribution in [0.4, 0.5) is 4.39 Å². The number of likely N-dealkylation sites (N-methyl/N-ethyl adjacent to an activating group) is 1. The zero-order valence-corrected chi connectivity index (χ0v) is 11.1. The van der Waals surface area contributed by atoms with Crippen LogP contribution >= 0.6 is 15.9 Å². The Morgan fingerprint density at radius 2 is 2.25 bits per heavy atom. The second kappa shape index (κ2) is 6.81. The maximum Gasteiger partial charge on any atom is 0.124 e. The van der Waals surface area contributed by atoms with Gasteiger partial charge in [0.1, 0.15) is 5.82 Å². The molecule has 1 rings (SSSR count). The Bertz CT molecular complexity index is 332. The number of nitrogens with one attached hydrogen (secondary N) is 1. The van der Waals surface area contributed by atoms with Gasteiger partial charge in [-0.2, -0.15) is 0 Å². The topological polar surface area (TPSA) is 12.0 Å². The molecule has 0 saturated carbocycles. The second-order valence-electron chi connectivity index (χ2n) is 3.76. The van der Waals surface area contributed by atoms with Gasteiger partial charge >= 0.3 is 0 Å². The summed E-state index contributed by atoms with van der Waals surface area (Å²) in [6.07, 6.45) is 3.60. The van der Waals surface area contributed by atoms with Gasteiger partial charge in [0.15, 0.2) is 0 Å². The van der Waals surface area contributed by atoms with Crippen molar-refractivity contribution >= 4 is 15.9 Å². The van der Waals surface area contributed by atoms with Crippen molar-refractivity contribution in [1.29, 1.82) is 0 Å². The third-order valence-corrected chi connectivity index (χ3v) is 2.81. The Morgan fingerprint density at radius 3 is 2.81 bits per heavy atom. The minimum absolute atomic E-state index is 0.196. The van der Waals surface area contributed by atoms with Crippen LogP contribution in [-0.2, 0) is 6.42 Å². The van der Waals surface area contributed by atoms with E-state index in [1.165, 1.54) is 6.07 Å². The summed E-state index contributed by atoms with van der Waals surface area (Å²) in [5.41, 5.74) is 1.000. The number of hydrogen-bond donors (Lipinski definition) is 1. The molecule has 0 spiro atoms. The summed E-state index contributed by atoms with van der Waals surface area (Å²) in [5, 5.41) is 3.36. The summed E-state index contributed by atoms with van der Waals surface area (Å²) in [4.78, 5) is 0. The Labute approximate surface area is 105 Å². The van der Waals surface area contributed by atoms with Crippen molar-refractivity contribution in [1.82, 2.24) is 5.32 Å². The SMILES string of the molecule is C=CCC(Cc1cc(F)cc(Br)c1)NCC. The average Bonchev–Trinajstić information content (AvgIpc) is 2.16. The predicted octanol–water partition coefficient (Wildman–Crippen LogP) is 3.68. The number of halogens is 2. The first-order chi connectivity index (χ1) is 7.65. The summed E-state index contributed by atoms with van der Waals surface area (Å²) in [5.74, 6) is -0.196. The van der Waals surface area contributed by atoms with Crippen LogP contribution in [0.15, 0.2) is 35.3 Å². The first kappa shape index (κ1) is 13.4. The molecular weight excluding hydrogens is 269 g/mol. The number of hydrogen-bond acceptors (Lipinski definition) is 1. The third kappa shape index (κ3) is 4.45. The molecule has 1 unspecified atom stereocenters. The molecule has 0 aliphatic heterocycles. The lowest BCUT2D eigenvalue weighted by Crippen LogP contribution is -2.30. The van der Waals surface area contributed by atoms with Gasteiger partial charge in [-0.05, 0) is 43.1 Å². The molecule has 0 bridgehead atoms. The molecule has 0 saturated heterocycles. The Morgan fingerprint density at radius 1 is 1.50 bits per heavy atom. The normalized spacial score (nSPS) is 12.4. The van der Waals surface area contributed by atoms with Crippen LogP contribution in [0, 0.1) is 5.82 Å². The van der Waals surface area contributed by atoms with Crippen molar-refractivity contribution in [3.8, 4) is 0 Å². The average molecular weight is 286 g/mol. The molecule has 1 N–H and O–H groups in total. The lowest BCUT2D eigenvalue weighted by Gasteiger charge is -2.16. The molecule has 88 valence electrons. The van der Waals surface area contributed by atoms with E-state index in [2.05, 4.69) is 34.7 Å². The molecule has 0 fully saturated rings. The van der Waals surface area contributed by atoms with E-state index >= 15 is 0 Å². The molecule has 0 amide bonds. The summed E-state index contributed by atoms with van der Waals surface area (Å²) >= 11 is 3.30. The van der Waals surface area contributed by atoms with Crippen molar-refractivity contribution in [3.05, 3.63) is 46.7 Å². The van der Waals surface area contributed by atoms with E-state index in [0.29, 0.717) is 6.04 Å². The highest BCUT2D eigenvalue weighted by atomic mass is 79.9. The highest BCUT2D eigenvalue weighted by Crippen LogP contribution is 2.16. The standard InChI is InChI=1S/C13H17BrFN/c1-3-5-13(16-4-2)8-10-6-11(14)9-12(15)7-10/h3,6-7,9,13,16H,1,4-5,8H2,2H3. The van der Waals surface area contributed by atoms with Gasteiger partial charge < -0.3 is 5.32 Å².